The molecule has 0 bridgehead atoms. The molecule has 0 unspecified atom stereocenters. The van der Waals surface area contributed by atoms with Crippen molar-refractivity contribution in [3.63, 3.8) is 0 Å². The molecule has 2 aromatic heterocycles. The lowest BCUT2D eigenvalue weighted by Crippen LogP contribution is -2.50. The third-order valence-corrected chi connectivity index (χ3v) is 4.28. The molecule has 0 aliphatic carbocycles. The van der Waals surface area contributed by atoms with Gasteiger partial charge in [-0.25, -0.2) is 9.97 Å². The quantitative estimate of drug-likeness (QED) is 0.882. The lowest BCUT2D eigenvalue weighted by Gasteiger charge is -2.38. The minimum absolute atomic E-state index is 0.506. The van der Waals surface area contributed by atoms with Crippen molar-refractivity contribution in [2.24, 2.45) is 5.92 Å². The SMILES string of the molecule is CC[C@@H]1CCNC[C@@H]1N(C)c1ncnc2[nH]ccc12. The second kappa shape index (κ2) is 5.17. The summed E-state index contributed by atoms with van der Waals surface area (Å²) in [6.45, 7) is 4.44. The number of nitrogens with zero attached hydrogens (tertiary/aromatic N) is 3. The third-order valence-electron chi connectivity index (χ3n) is 4.28. The minimum atomic E-state index is 0.506. The summed E-state index contributed by atoms with van der Waals surface area (Å²) in [5, 5.41) is 4.60. The maximum atomic E-state index is 4.49. The van der Waals surface area contributed by atoms with Crippen LogP contribution in [0.25, 0.3) is 11.0 Å². The van der Waals surface area contributed by atoms with Gasteiger partial charge in [0.25, 0.3) is 0 Å². The van der Waals surface area contributed by atoms with Crippen LogP contribution < -0.4 is 10.2 Å². The average Bonchev–Trinajstić information content (AvgIpc) is 2.94. The van der Waals surface area contributed by atoms with E-state index in [4.69, 9.17) is 0 Å². The van der Waals surface area contributed by atoms with Gasteiger partial charge in [-0.3, -0.25) is 0 Å². The van der Waals surface area contributed by atoms with Crippen molar-refractivity contribution >= 4 is 16.9 Å². The number of aromatic nitrogens is 3. The molecule has 0 amide bonds. The highest BCUT2D eigenvalue weighted by Gasteiger charge is 2.28. The van der Waals surface area contributed by atoms with Crippen molar-refractivity contribution in [2.45, 2.75) is 25.8 Å². The molecule has 102 valence electrons. The van der Waals surface area contributed by atoms with Crippen molar-refractivity contribution in [3.05, 3.63) is 18.6 Å². The van der Waals surface area contributed by atoms with Crippen LogP contribution in [0, 0.1) is 5.92 Å². The molecule has 1 fully saturated rings. The van der Waals surface area contributed by atoms with Gasteiger partial charge in [0, 0.05) is 25.8 Å². The van der Waals surface area contributed by atoms with Gasteiger partial charge in [0.1, 0.15) is 17.8 Å². The summed E-state index contributed by atoms with van der Waals surface area (Å²) in [5.41, 5.74) is 0.911. The first-order valence-electron chi connectivity index (χ1n) is 7.03. The zero-order valence-electron chi connectivity index (χ0n) is 11.6. The van der Waals surface area contributed by atoms with Crippen LogP contribution in [0.2, 0.25) is 0 Å². The molecule has 0 saturated carbocycles. The van der Waals surface area contributed by atoms with E-state index in [9.17, 15) is 0 Å². The van der Waals surface area contributed by atoms with Gasteiger partial charge < -0.3 is 15.2 Å². The van der Waals surface area contributed by atoms with Crippen molar-refractivity contribution < 1.29 is 0 Å². The smallest absolute Gasteiger partial charge is 0.142 e. The zero-order valence-corrected chi connectivity index (χ0v) is 11.6. The van der Waals surface area contributed by atoms with E-state index >= 15 is 0 Å². The first-order valence-corrected chi connectivity index (χ1v) is 7.03. The number of aromatic amines is 1. The minimum Gasteiger partial charge on any atom is -0.354 e. The van der Waals surface area contributed by atoms with E-state index in [1.54, 1.807) is 6.33 Å². The van der Waals surface area contributed by atoms with E-state index in [1.165, 1.54) is 12.8 Å². The van der Waals surface area contributed by atoms with Crippen LogP contribution in [0.15, 0.2) is 18.6 Å². The Morgan fingerprint density at radius 3 is 3.16 bits per heavy atom. The van der Waals surface area contributed by atoms with Gasteiger partial charge in [0.15, 0.2) is 0 Å². The number of hydrogen-bond acceptors (Lipinski definition) is 4. The van der Waals surface area contributed by atoms with E-state index in [1.807, 2.05) is 6.20 Å². The molecule has 1 aliphatic heterocycles. The third kappa shape index (κ3) is 2.18. The van der Waals surface area contributed by atoms with Crippen LogP contribution in [-0.4, -0.2) is 41.1 Å². The highest BCUT2D eigenvalue weighted by molar-refractivity contribution is 5.87. The van der Waals surface area contributed by atoms with E-state index in [0.29, 0.717) is 6.04 Å². The number of hydrogen-bond donors (Lipinski definition) is 2. The molecular weight excluding hydrogens is 238 g/mol. The summed E-state index contributed by atoms with van der Waals surface area (Å²) in [7, 11) is 2.15. The van der Waals surface area contributed by atoms with Crippen LogP contribution in [0.5, 0.6) is 0 Å². The van der Waals surface area contributed by atoms with Gasteiger partial charge in [-0.05, 0) is 24.9 Å². The van der Waals surface area contributed by atoms with Crippen LogP contribution in [0.4, 0.5) is 5.82 Å². The Hall–Kier alpha value is -1.62. The van der Waals surface area contributed by atoms with Gasteiger partial charge in [-0.2, -0.15) is 0 Å². The van der Waals surface area contributed by atoms with Gasteiger partial charge in [-0.15, -0.1) is 0 Å². The van der Waals surface area contributed by atoms with E-state index in [2.05, 4.69) is 45.2 Å². The Balaban J connectivity index is 1.94. The molecule has 5 nitrogen and oxygen atoms in total. The van der Waals surface area contributed by atoms with E-state index < -0.39 is 0 Å². The average molecular weight is 259 g/mol. The van der Waals surface area contributed by atoms with Gasteiger partial charge in [0.2, 0.25) is 0 Å². The molecule has 2 N–H and O–H groups in total. The van der Waals surface area contributed by atoms with Gasteiger partial charge in [-0.1, -0.05) is 13.3 Å². The van der Waals surface area contributed by atoms with Crippen LogP contribution in [0.1, 0.15) is 19.8 Å². The first-order chi connectivity index (χ1) is 9.31. The monoisotopic (exact) mass is 259 g/mol. The van der Waals surface area contributed by atoms with Crippen molar-refractivity contribution in [1.29, 1.82) is 0 Å². The summed E-state index contributed by atoms with van der Waals surface area (Å²) in [6.07, 6.45) is 6.03. The van der Waals surface area contributed by atoms with Crippen molar-refractivity contribution in [3.8, 4) is 0 Å². The predicted molar refractivity (Wildman–Crippen MR) is 77.3 cm³/mol. The fourth-order valence-corrected chi connectivity index (χ4v) is 3.12. The molecule has 1 aliphatic rings. The number of rotatable bonds is 3. The summed E-state index contributed by atoms with van der Waals surface area (Å²) in [5.74, 6) is 1.76. The van der Waals surface area contributed by atoms with Crippen LogP contribution in [0.3, 0.4) is 0 Å². The Labute approximate surface area is 113 Å². The highest BCUT2D eigenvalue weighted by Crippen LogP contribution is 2.27. The Bertz CT molecular complexity index is 550. The summed E-state index contributed by atoms with van der Waals surface area (Å²) >= 11 is 0. The fourth-order valence-electron chi connectivity index (χ4n) is 3.12. The van der Waals surface area contributed by atoms with E-state index in [-0.39, 0.29) is 0 Å². The second-order valence-corrected chi connectivity index (χ2v) is 5.28. The summed E-state index contributed by atoms with van der Waals surface area (Å²) in [4.78, 5) is 14.2. The van der Waals surface area contributed by atoms with Gasteiger partial charge in [0.05, 0.1) is 5.39 Å². The van der Waals surface area contributed by atoms with Crippen LogP contribution >= 0.6 is 0 Å². The number of likely N-dealkylation sites (N-methyl/N-ethyl adjacent to an activating group) is 1. The maximum absolute atomic E-state index is 4.49. The topological polar surface area (TPSA) is 56.8 Å². The molecule has 19 heavy (non-hydrogen) atoms. The molecule has 1 saturated heterocycles. The molecule has 3 heterocycles. The number of piperidine rings is 1. The second-order valence-electron chi connectivity index (χ2n) is 5.28. The molecule has 0 radical (unpaired) electrons. The van der Waals surface area contributed by atoms with E-state index in [0.717, 1.165) is 35.9 Å². The predicted octanol–water partition coefficient (Wildman–Crippen LogP) is 1.78. The van der Waals surface area contributed by atoms with Gasteiger partial charge >= 0.3 is 0 Å². The highest BCUT2D eigenvalue weighted by atomic mass is 15.2. The summed E-state index contributed by atoms with van der Waals surface area (Å²) < 4.78 is 0. The number of fused-ring (bicyclic) bond motifs is 1. The molecule has 5 heteroatoms. The Morgan fingerprint density at radius 2 is 2.32 bits per heavy atom. The standard InChI is InChI=1S/C14H21N5/c1-3-10-4-6-15-8-12(10)19(2)14-11-5-7-16-13(11)17-9-18-14/h5,7,9-10,12,15H,3-4,6,8H2,1-2H3,(H,16,17,18)/t10-,12+/m1/s1. The first kappa shape index (κ1) is 12.4. The number of nitrogens with one attached hydrogen (secondary N) is 2. The van der Waals surface area contributed by atoms with Crippen molar-refractivity contribution in [2.75, 3.05) is 25.0 Å². The molecule has 3 rings (SSSR count). The maximum Gasteiger partial charge on any atom is 0.142 e. The lowest BCUT2D eigenvalue weighted by atomic mass is 9.89. The molecule has 0 aromatic carbocycles. The fraction of sp³-hybridized carbons (Fsp3) is 0.571. The number of anilines is 1. The normalized spacial score (nSPS) is 23.7. The largest absolute Gasteiger partial charge is 0.354 e. The molecule has 0 spiro atoms. The molecular formula is C14H21N5. The number of H-pyrrole nitrogens is 1. The lowest BCUT2D eigenvalue weighted by molar-refractivity contribution is 0.307. The Morgan fingerprint density at radius 1 is 1.42 bits per heavy atom. The summed E-state index contributed by atoms with van der Waals surface area (Å²) in [6, 6.07) is 2.56. The zero-order chi connectivity index (χ0) is 13.2. The molecule has 2 aromatic rings. The van der Waals surface area contributed by atoms with Crippen molar-refractivity contribution in [1.82, 2.24) is 20.3 Å². The molecule has 2 atom stereocenters. The Kier molecular flexibility index (Phi) is 3.38. The van der Waals surface area contributed by atoms with Crippen LogP contribution in [-0.2, 0) is 0 Å².